The Morgan fingerprint density at radius 3 is 2.03 bits per heavy atom. The summed E-state index contributed by atoms with van der Waals surface area (Å²) in [5.41, 5.74) is -0.00252. The lowest BCUT2D eigenvalue weighted by molar-refractivity contribution is -0.0137. The first-order chi connectivity index (χ1) is 14.3. The van der Waals surface area contributed by atoms with Gasteiger partial charge in [-0.15, -0.1) is 0 Å². The van der Waals surface area contributed by atoms with E-state index in [1.165, 1.54) is 23.6 Å². The van der Waals surface area contributed by atoms with Crippen LogP contribution in [0.25, 0.3) is 0 Å². The lowest BCUT2D eigenvalue weighted by Gasteiger charge is -2.56. The molecule has 1 aromatic rings. The van der Waals surface area contributed by atoms with E-state index in [4.69, 9.17) is 11.6 Å². The van der Waals surface area contributed by atoms with Crippen molar-refractivity contribution in [2.24, 2.45) is 17.8 Å². The van der Waals surface area contributed by atoms with Gasteiger partial charge in [-0.2, -0.15) is 4.31 Å². The second-order valence-corrected chi connectivity index (χ2v) is 12.3. The molecule has 5 fully saturated rings. The predicted octanol–water partition coefficient (Wildman–Crippen LogP) is 3.76. The third-order valence-electron chi connectivity index (χ3n) is 7.66. The van der Waals surface area contributed by atoms with Gasteiger partial charge in [-0.05, 0) is 93.4 Å². The number of carbonyl (C=O) groups excluding carboxylic acids is 1. The maximum Gasteiger partial charge on any atom is 0.315 e. The number of urea groups is 1. The highest BCUT2D eigenvalue weighted by Gasteiger charge is 2.51. The van der Waals surface area contributed by atoms with Crippen molar-refractivity contribution in [1.82, 2.24) is 14.9 Å². The highest BCUT2D eigenvalue weighted by atomic mass is 35.5. The van der Waals surface area contributed by atoms with Gasteiger partial charge in [-0.1, -0.05) is 11.6 Å². The summed E-state index contributed by atoms with van der Waals surface area (Å²) in [6.45, 7) is 0.820. The molecule has 1 saturated heterocycles. The second kappa shape index (κ2) is 7.68. The van der Waals surface area contributed by atoms with E-state index in [2.05, 4.69) is 10.6 Å². The number of nitrogens with zero attached hydrogens (tertiary/aromatic N) is 1. The molecular formula is C22H30ClN3O3S. The van der Waals surface area contributed by atoms with Gasteiger partial charge in [0.2, 0.25) is 10.0 Å². The van der Waals surface area contributed by atoms with E-state index in [1.54, 1.807) is 24.3 Å². The average Bonchev–Trinajstić information content (AvgIpc) is 2.67. The Bertz CT molecular complexity index is 875. The molecule has 164 valence electrons. The zero-order chi connectivity index (χ0) is 20.9. The van der Waals surface area contributed by atoms with E-state index >= 15 is 0 Å². The van der Waals surface area contributed by atoms with Gasteiger partial charge in [0.1, 0.15) is 0 Å². The van der Waals surface area contributed by atoms with Crippen molar-refractivity contribution in [1.29, 1.82) is 0 Å². The smallest absolute Gasteiger partial charge is 0.315 e. The number of nitrogens with one attached hydrogen (secondary N) is 2. The van der Waals surface area contributed by atoms with E-state index in [-0.39, 0.29) is 22.5 Å². The van der Waals surface area contributed by atoms with Crippen LogP contribution in [0.3, 0.4) is 0 Å². The maximum absolute atomic E-state index is 12.8. The van der Waals surface area contributed by atoms with Crippen LogP contribution in [0.15, 0.2) is 29.2 Å². The van der Waals surface area contributed by atoms with Crippen LogP contribution >= 0.6 is 11.6 Å². The maximum atomic E-state index is 12.8. The van der Waals surface area contributed by atoms with Crippen LogP contribution in [-0.2, 0) is 10.0 Å². The molecular weight excluding hydrogens is 422 g/mol. The molecule has 0 spiro atoms. The summed E-state index contributed by atoms with van der Waals surface area (Å²) >= 11 is 5.87. The van der Waals surface area contributed by atoms with Gasteiger partial charge < -0.3 is 10.6 Å². The minimum absolute atomic E-state index is 0.00252. The van der Waals surface area contributed by atoms with Gasteiger partial charge in [-0.3, -0.25) is 0 Å². The zero-order valence-corrected chi connectivity index (χ0v) is 18.7. The summed E-state index contributed by atoms with van der Waals surface area (Å²) in [5, 5.41) is 6.99. The summed E-state index contributed by atoms with van der Waals surface area (Å²) in [6, 6.07) is 6.21. The Morgan fingerprint density at radius 2 is 1.50 bits per heavy atom. The fourth-order valence-corrected chi connectivity index (χ4v) is 8.32. The number of halogens is 1. The fourth-order valence-electron chi connectivity index (χ4n) is 6.72. The lowest BCUT2D eigenvalue weighted by Crippen LogP contribution is -2.62. The Morgan fingerprint density at radius 1 is 0.967 bits per heavy atom. The van der Waals surface area contributed by atoms with Crippen LogP contribution in [-0.4, -0.2) is 43.4 Å². The molecule has 0 atom stereocenters. The van der Waals surface area contributed by atoms with Crippen molar-refractivity contribution in [3.05, 3.63) is 29.3 Å². The number of sulfonamides is 1. The molecule has 2 amide bonds. The molecule has 6 rings (SSSR count). The van der Waals surface area contributed by atoms with Crippen molar-refractivity contribution in [3.63, 3.8) is 0 Å². The quantitative estimate of drug-likeness (QED) is 0.731. The SMILES string of the molecule is O=C(NC1CCN(S(=O)(=O)c2ccc(Cl)cc2)CC1)NC12CC3CC(CC(C3)C1)C2. The first-order valence-electron chi connectivity index (χ1n) is 11.2. The van der Waals surface area contributed by atoms with E-state index in [1.807, 2.05) is 0 Å². The summed E-state index contributed by atoms with van der Waals surface area (Å²) in [7, 11) is -3.52. The van der Waals surface area contributed by atoms with Gasteiger partial charge in [-0.25, -0.2) is 13.2 Å². The van der Waals surface area contributed by atoms with Crippen LogP contribution in [0, 0.1) is 17.8 Å². The predicted molar refractivity (Wildman–Crippen MR) is 116 cm³/mol. The Balaban J connectivity index is 1.15. The molecule has 5 aliphatic rings. The molecule has 4 aliphatic carbocycles. The standard InChI is InChI=1S/C22H30ClN3O3S/c23-18-1-3-20(4-2-18)30(28,29)26-7-5-19(6-8-26)24-21(27)25-22-12-15-9-16(13-22)11-17(10-15)14-22/h1-4,15-17,19H,5-14H2,(H2,24,25,27). The number of piperidine rings is 1. The molecule has 8 heteroatoms. The molecule has 4 saturated carbocycles. The number of hydrogen-bond donors (Lipinski definition) is 2. The molecule has 4 bridgehead atoms. The first-order valence-corrected chi connectivity index (χ1v) is 13.0. The van der Waals surface area contributed by atoms with Crippen molar-refractivity contribution in [3.8, 4) is 0 Å². The Labute approximate surface area is 183 Å². The van der Waals surface area contributed by atoms with Crippen molar-refractivity contribution in [2.45, 2.75) is 67.8 Å². The fraction of sp³-hybridized carbons (Fsp3) is 0.682. The number of rotatable bonds is 4. The van der Waals surface area contributed by atoms with Crippen molar-refractivity contribution < 1.29 is 13.2 Å². The highest BCUT2D eigenvalue weighted by molar-refractivity contribution is 7.89. The van der Waals surface area contributed by atoms with E-state index in [0.717, 1.165) is 37.0 Å². The van der Waals surface area contributed by atoms with Gasteiger partial charge in [0.15, 0.2) is 0 Å². The zero-order valence-electron chi connectivity index (χ0n) is 17.1. The summed E-state index contributed by atoms with van der Waals surface area (Å²) in [4.78, 5) is 13.0. The van der Waals surface area contributed by atoms with Gasteiger partial charge >= 0.3 is 6.03 Å². The summed E-state index contributed by atoms with van der Waals surface area (Å²) < 4.78 is 27.2. The van der Waals surface area contributed by atoms with Gasteiger partial charge in [0.25, 0.3) is 0 Å². The average molecular weight is 452 g/mol. The van der Waals surface area contributed by atoms with E-state index < -0.39 is 10.0 Å². The molecule has 0 radical (unpaired) electrons. The number of hydrogen-bond acceptors (Lipinski definition) is 3. The van der Waals surface area contributed by atoms with Crippen LogP contribution in [0.5, 0.6) is 0 Å². The molecule has 6 nitrogen and oxygen atoms in total. The molecule has 1 heterocycles. The van der Waals surface area contributed by atoms with Crippen LogP contribution in [0.2, 0.25) is 5.02 Å². The van der Waals surface area contributed by atoms with Crippen LogP contribution in [0.4, 0.5) is 4.79 Å². The van der Waals surface area contributed by atoms with E-state index in [9.17, 15) is 13.2 Å². The monoisotopic (exact) mass is 451 g/mol. The third kappa shape index (κ3) is 3.96. The van der Waals surface area contributed by atoms with Crippen molar-refractivity contribution >= 4 is 27.7 Å². The lowest BCUT2D eigenvalue weighted by atomic mass is 9.53. The molecule has 0 unspecified atom stereocenters. The van der Waals surface area contributed by atoms with Crippen molar-refractivity contribution in [2.75, 3.05) is 13.1 Å². The molecule has 0 aromatic heterocycles. The van der Waals surface area contributed by atoms with E-state index in [0.29, 0.717) is 31.0 Å². The third-order valence-corrected chi connectivity index (χ3v) is 9.82. The number of benzene rings is 1. The minimum Gasteiger partial charge on any atom is -0.335 e. The first kappa shape index (κ1) is 20.6. The minimum atomic E-state index is -3.52. The molecule has 1 aliphatic heterocycles. The summed E-state index contributed by atoms with van der Waals surface area (Å²) in [5.74, 6) is 2.37. The molecule has 30 heavy (non-hydrogen) atoms. The Hall–Kier alpha value is -1.31. The van der Waals surface area contributed by atoms with Gasteiger partial charge in [0, 0.05) is 29.7 Å². The number of carbonyl (C=O) groups is 1. The van der Waals surface area contributed by atoms with Crippen LogP contribution in [0.1, 0.15) is 51.4 Å². The highest BCUT2D eigenvalue weighted by Crippen LogP contribution is 2.55. The molecule has 1 aromatic carbocycles. The topological polar surface area (TPSA) is 78.5 Å². The Kier molecular flexibility index (Phi) is 5.27. The normalized spacial score (nSPS) is 34.1. The number of amides is 2. The van der Waals surface area contributed by atoms with Gasteiger partial charge in [0.05, 0.1) is 4.90 Å². The summed E-state index contributed by atoms with van der Waals surface area (Å²) in [6.07, 6.45) is 8.69. The largest absolute Gasteiger partial charge is 0.335 e. The second-order valence-electron chi connectivity index (χ2n) is 9.93. The molecule has 2 N–H and O–H groups in total. The van der Waals surface area contributed by atoms with Crippen LogP contribution < -0.4 is 10.6 Å².